The van der Waals surface area contributed by atoms with Crippen LogP contribution in [0.1, 0.15) is 110 Å². The number of aliphatic hydroxyl groups excluding tert-OH is 1. The number of alkyl halides is 8. The van der Waals surface area contributed by atoms with Gasteiger partial charge in [0.1, 0.15) is 5.60 Å². The first-order chi connectivity index (χ1) is 30.1. The number of nitrogens with one attached hydrogen (secondary N) is 2. The molecule has 2 amide bonds. The molecule has 8 aliphatic rings. The lowest BCUT2D eigenvalue weighted by atomic mass is 9.44. The molecule has 6 fully saturated rings. The first-order valence-electron chi connectivity index (χ1n) is 22.8. The largest absolute Gasteiger partial charge is 0.418 e. The van der Waals surface area contributed by atoms with Gasteiger partial charge >= 0.3 is 12.4 Å². The van der Waals surface area contributed by atoms with Crippen molar-refractivity contribution in [1.29, 1.82) is 0 Å². The molecule has 0 unspecified atom stereocenters. The van der Waals surface area contributed by atoms with Gasteiger partial charge in [-0.3, -0.25) is 19.2 Å². The Morgan fingerprint density at radius 3 is 2.26 bits per heavy atom. The van der Waals surface area contributed by atoms with Gasteiger partial charge in [0.2, 0.25) is 11.8 Å². The second kappa shape index (κ2) is 15.7. The Morgan fingerprint density at radius 1 is 0.892 bits per heavy atom. The van der Waals surface area contributed by atoms with Crippen LogP contribution in [0.4, 0.5) is 36.4 Å². The predicted octanol–water partition coefficient (Wildman–Crippen LogP) is 9.72. The lowest BCUT2D eigenvalue weighted by molar-refractivity contribution is -0.218. The van der Waals surface area contributed by atoms with Crippen LogP contribution in [0.15, 0.2) is 54.2 Å². The average Bonchev–Trinajstić information content (AvgIpc) is 3.68. The third-order valence-electron chi connectivity index (χ3n) is 18.7. The molecule has 0 aromatic heterocycles. The van der Waals surface area contributed by atoms with Crippen molar-refractivity contribution in [2.24, 2.45) is 63.1 Å². The standard InChI is InChI=1S/C27H30F6N2O2.C22H28ClFO4/c1-24-11-9-17-15(4-8-21-25(17,2)12-10-22(36)35-21)16(24)6-7-19(24)23(37)34-20-13-14(26(28,29)30)3-5-18(20)27(31,32)33;1-12-8-16-15-5-4-13-9-14(25)6-7-19(13,2)21(15,24)17(26)10-20(16,3)22(12,28)18(27)11-23/h3,5,10,12-13,15-17,19,21H,4,6-9,11H2,1-2H3,(H,34,37)(H,35,36);6-7,9,12,15-17,26,28H,4-5,8,10-11H2,1-3H3/t15-,16-,17-,19+,21+,24-,25+;12-,15-,16-,17-,19-,20-,21-,22-/m00/s1. The highest BCUT2D eigenvalue weighted by Gasteiger charge is 2.75. The molecular formula is C49H58ClF7N2O6. The van der Waals surface area contributed by atoms with Crippen LogP contribution >= 0.6 is 11.6 Å². The highest BCUT2D eigenvalue weighted by molar-refractivity contribution is 6.29. The molecule has 4 N–H and O–H groups in total. The number of rotatable bonds is 4. The van der Waals surface area contributed by atoms with E-state index in [1.54, 1.807) is 19.1 Å². The molecule has 9 rings (SSSR count). The average molecular weight is 939 g/mol. The quantitative estimate of drug-likeness (QED) is 0.176. The fraction of sp³-hybridized carbons (Fsp3) is 0.673. The van der Waals surface area contributed by atoms with Crippen LogP contribution in [-0.2, 0) is 31.5 Å². The van der Waals surface area contributed by atoms with E-state index in [9.17, 15) is 55.7 Å². The van der Waals surface area contributed by atoms with Gasteiger partial charge in [-0.25, -0.2) is 4.39 Å². The Kier molecular flexibility index (Phi) is 11.6. The fourth-order valence-electron chi connectivity index (χ4n) is 15.3. The predicted molar refractivity (Wildman–Crippen MR) is 228 cm³/mol. The molecule has 0 saturated heterocycles. The van der Waals surface area contributed by atoms with Gasteiger partial charge in [-0.1, -0.05) is 45.4 Å². The summed E-state index contributed by atoms with van der Waals surface area (Å²) in [6.45, 7) is 9.55. The monoisotopic (exact) mass is 938 g/mol. The van der Waals surface area contributed by atoms with Gasteiger partial charge < -0.3 is 20.8 Å². The first-order valence-corrected chi connectivity index (χ1v) is 23.4. The van der Waals surface area contributed by atoms with E-state index in [0.717, 1.165) is 31.3 Å². The second-order valence-corrected chi connectivity index (χ2v) is 21.6. The van der Waals surface area contributed by atoms with Crippen molar-refractivity contribution in [3.63, 3.8) is 0 Å². The molecule has 8 nitrogen and oxygen atoms in total. The molecule has 15 atom stereocenters. The van der Waals surface area contributed by atoms with Gasteiger partial charge in [-0.05, 0) is 143 Å². The molecule has 6 saturated carbocycles. The summed E-state index contributed by atoms with van der Waals surface area (Å²) in [6, 6.07) is 1.18. The lowest BCUT2D eigenvalue weighted by Crippen LogP contribution is -2.69. The van der Waals surface area contributed by atoms with Crippen molar-refractivity contribution in [1.82, 2.24) is 5.32 Å². The molecule has 1 heterocycles. The minimum Gasteiger partial charge on any atom is -0.390 e. The van der Waals surface area contributed by atoms with Gasteiger partial charge in [0.05, 0.1) is 28.8 Å². The van der Waals surface area contributed by atoms with E-state index in [0.29, 0.717) is 62.1 Å². The molecule has 0 bridgehead atoms. The maximum atomic E-state index is 16.9. The molecule has 1 aromatic carbocycles. The molecule has 65 heavy (non-hydrogen) atoms. The van der Waals surface area contributed by atoms with Crippen LogP contribution < -0.4 is 10.6 Å². The fourth-order valence-corrected chi connectivity index (χ4v) is 15.5. The maximum absolute atomic E-state index is 16.9. The summed E-state index contributed by atoms with van der Waals surface area (Å²) >= 11 is 5.81. The minimum atomic E-state index is -4.91. The van der Waals surface area contributed by atoms with Crippen LogP contribution in [0, 0.1) is 63.1 Å². The van der Waals surface area contributed by atoms with Crippen molar-refractivity contribution >= 4 is 40.7 Å². The number of carbonyl (C=O) groups is 4. The van der Waals surface area contributed by atoms with E-state index in [1.165, 1.54) is 12.2 Å². The molecule has 1 aliphatic heterocycles. The number of hydrogen-bond acceptors (Lipinski definition) is 6. The highest BCUT2D eigenvalue weighted by atomic mass is 35.5. The smallest absolute Gasteiger partial charge is 0.390 e. The lowest BCUT2D eigenvalue weighted by Gasteiger charge is -2.62. The van der Waals surface area contributed by atoms with Crippen LogP contribution in [0.25, 0.3) is 0 Å². The number of Topliss-reactive ketones (excluding diaryl/α,β-unsaturated/α-hetero) is 1. The van der Waals surface area contributed by atoms with Crippen LogP contribution in [0.3, 0.4) is 0 Å². The zero-order valence-corrected chi connectivity index (χ0v) is 37.9. The van der Waals surface area contributed by atoms with Gasteiger partial charge in [0.25, 0.3) is 0 Å². The summed E-state index contributed by atoms with van der Waals surface area (Å²) in [6.07, 6.45) is 2.96. The zero-order chi connectivity index (χ0) is 47.7. The topological polar surface area (TPSA) is 133 Å². The molecule has 16 heteroatoms. The Morgan fingerprint density at radius 2 is 1.60 bits per heavy atom. The van der Waals surface area contributed by atoms with Crippen molar-refractivity contribution in [2.45, 2.75) is 135 Å². The van der Waals surface area contributed by atoms with Gasteiger partial charge in [-0.2, -0.15) is 26.3 Å². The number of benzene rings is 1. The summed E-state index contributed by atoms with van der Waals surface area (Å²) in [5.41, 5.74) is -8.96. The molecule has 1 aromatic rings. The van der Waals surface area contributed by atoms with E-state index in [1.807, 2.05) is 26.8 Å². The summed E-state index contributed by atoms with van der Waals surface area (Å²) < 4.78 is 97.2. The molecule has 0 spiro atoms. The number of carbonyl (C=O) groups excluding carboxylic acids is 4. The van der Waals surface area contributed by atoms with Crippen LogP contribution in [-0.4, -0.2) is 62.9 Å². The third-order valence-corrected chi connectivity index (χ3v) is 18.9. The number of halogens is 8. The molecule has 356 valence electrons. The van der Waals surface area contributed by atoms with Crippen molar-refractivity contribution < 1.29 is 60.1 Å². The number of ketones is 2. The Hall–Kier alpha value is -3.56. The summed E-state index contributed by atoms with van der Waals surface area (Å²) in [5.74, 6) is -2.59. The number of anilines is 1. The molecular weight excluding hydrogens is 881 g/mol. The summed E-state index contributed by atoms with van der Waals surface area (Å²) in [5, 5.41) is 27.9. The number of amides is 2. The second-order valence-electron chi connectivity index (χ2n) is 21.4. The molecule has 0 radical (unpaired) electrons. The summed E-state index contributed by atoms with van der Waals surface area (Å²) in [4.78, 5) is 49.8. The zero-order valence-electron chi connectivity index (χ0n) is 37.1. The number of fused-ring (bicyclic) bond motifs is 10. The Balaban J connectivity index is 0.000000184. The van der Waals surface area contributed by atoms with Gasteiger partial charge in [0.15, 0.2) is 17.2 Å². The number of allylic oxidation sites excluding steroid dienone is 4. The third kappa shape index (κ3) is 7.02. The van der Waals surface area contributed by atoms with E-state index in [2.05, 4.69) is 17.6 Å². The first kappa shape index (κ1) is 47.9. The number of hydrogen-bond donors (Lipinski definition) is 4. The van der Waals surface area contributed by atoms with E-state index in [-0.39, 0.29) is 53.2 Å². The SMILES string of the molecule is C[C@H]1C[C@H]2[C@@H]3CCC4=CC(=O)C=C[C@]4(C)[C@@]3(F)[C@@H](O)C[C@]2(C)[C@@]1(O)C(=O)CCl.C[C@]12C=CC(=O)N[C@@H]1CC[C@@H]1[C@@H]2CC[C@]2(C)[C@@H](C(=O)Nc3cc(C(F)(F)F)ccc3C(F)(F)F)CC[C@@H]12. The van der Waals surface area contributed by atoms with E-state index >= 15 is 4.39 Å². The maximum Gasteiger partial charge on any atom is 0.418 e. The van der Waals surface area contributed by atoms with E-state index < -0.39 is 86.3 Å². The van der Waals surface area contributed by atoms with Gasteiger partial charge in [0, 0.05) is 34.1 Å². The van der Waals surface area contributed by atoms with Crippen LogP contribution in [0.5, 0.6) is 0 Å². The normalized spacial score (nSPS) is 43.9. The Labute approximate surface area is 379 Å². The Bertz CT molecular complexity index is 2260. The summed E-state index contributed by atoms with van der Waals surface area (Å²) in [7, 11) is 0. The highest BCUT2D eigenvalue weighted by Crippen LogP contribution is 2.71. The van der Waals surface area contributed by atoms with E-state index in [4.69, 9.17) is 11.6 Å². The van der Waals surface area contributed by atoms with Crippen LogP contribution in [0.2, 0.25) is 0 Å². The molecule has 7 aliphatic carbocycles. The van der Waals surface area contributed by atoms with Crippen molar-refractivity contribution in [2.75, 3.05) is 11.2 Å². The van der Waals surface area contributed by atoms with Gasteiger partial charge in [-0.15, -0.1) is 11.6 Å². The van der Waals surface area contributed by atoms with Crippen molar-refractivity contribution in [3.8, 4) is 0 Å². The number of aliphatic hydroxyl groups is 2. The van der Waals surface area contributed by atoms with Crippen molar-refractivity contribution in [3.05, 3.63) is 65.3 Å². The minimum absolute atomic E-state index is 0.0151.